The van der Waals surface area contributed by atoms with Crippen LogP contribution in [0.25, 0.3) is 0 Å². The number of nitrogens with zero attached hydrogens (tertiary/aromatic N) is 1. The first-order valence-electron chi connectivity index (χ1n) is 4.19. The molecule has 0 radical (unpaired) electrons. The summed E-state index contributed by atoms with van der Waals surface area (Å²) in [6.45, 7) is 0. The zero-order chi connectivity index (χ0) is 13.3. The summed E-state index contributed by atoms with van der Waals surface area (Å²) in [6, 6.07) is 1.22. The van der Waals surface area contributed by atoms with Gasteiger partial charge in [-0.25, -0.2) is 4.79 Å². The molecule has 1 aromatic rings. The molecule has 17 heavy (non-hydrogen) atoms. The maximum Gasteiger partial charge on any atom is 0.459 e. The molecule has 0 aromatic carbocycles. The quantitative estimate of drug-likeness (QED) is 0.602. The molecule has 0 spiro atoms. The van der Waals surface area contributed by atoms with Gasteiger partial charge in [0.05, 0.1) is 12.7 Å². The Bertz CT molecular complexity index is 412. The number of esters is 1. The zero-order valence-corrected chi connectivity index (χ0v) is 8.39. The van der Waals surface area contributed by atoms with Gasteiger partial charge >= 0.3 is 18.1 Å². The third-order valence-corrected chi connectivity index (χ3v) is 1.86. The number of alkyl halides is 5. The molecule has 1 aromatic heterocycles. The van der Waals surface area contributed by atoms with E-state index in [1.807, 2.05) is 0 Å². The van der Waals surface area contributed by atoms with Crippen molar-refractivity contribution in [3.63, 3.8) is 0 Å². The molecule has 0 aliphatic heterocycles. The number of methoxy groups -OCH3 is 1. The molecule has 0 unspecified atom stereocenters. The SMILES string of the molecule is COC(=O)c1ccc(C(F)(F)C(F)(F)F)nc1. The average molecular weight is 255 g/mol. The maximum atomic E-state index is 12.8. The summed E-state index contributed by atoms with van der Waals surface area (Å²) in [4.78, 5) is 13.8. The predicted molar refractivity (Wildman–Crippen MR) is 45.5 cm³/mol. The van der Waals surface area contributed by atoms with Crippen LogP contribution in [0.2, 0.25) is 0 Å². The van der Waals surface area contributed by atoms with Gasteiger partial charge in [0.1, 0.15) is 5.69 Å². The van der Waals surface area contributed by atoms with Crippen LogP contribution in [0.1, 0.15) is 16.1 Å². The smallest absolute Gasteiger partial charge is 0.459 e. The van der Waals surface area contributed by atoms with Crippen LogP contribution in [0.4, 0.5) is 22.0 Å². The lowest BCUT2D eigenvalue weighted by molar-refractivity contribution is -0.290. The highest BCUT2D eigenvalue weighted by molar-refractivity contribution is 5.88. The summed E-state index contributed by atoms with van der Waals surface area (Å²) in [5.74, 6) is -5.93. The van der Waals surface area contributed by atoms with Crippen LogP contribution in [0.15, 0.2) is 18.3 Å². The van der Waals surface area contributed by atoms with Crippen molar-refractivity contribution in [1.29, 1.82) is 0 Å². The number of halogens is 5. The molecule has 0 atom stereocenters. The van der Waals surface area contributed by atoms with E-state index in [0.29, 0.717) is 12.3 Å². The second-order valence-electron chi connectivity index (χ2n) is 3.00. The molecule has 0 aliphatic rings. The Hall–Kier alpha value is -1.73. The van der Waals surface area contributed by atoms with Gasteiger partial charge in [0.15, 0.2) is 0 Å². The Morgan fingerprint density at radius 1 is 1.24 bits per heavy atom. The summed E-state index contributed by atoms with van der Waals surface area (Å²) < 4.78 is 65.7. The lowest BCUT2D eigenvalue weighted by atomic mass is 10.2. The van der Waals surface area contributed by atoms with Gasteiger partial charge in [0, 0.05) is 6.20 Å². The molecule has 0 saturated carbocycles. The van der Waals surface area contributed by atoms with E-state index in [1.54, 1.807) is 0 Å². The van der Waals surface area contributed by atoms with Crippen molar-refractivity contribution in [2.75, 3.05) is 7.11 Å². The van der Waals surface area contributed by atoms with Crippen LogP contribution in [0, 0.1) is 0 Å². The number of pyridine rings is 1. The fourth-order valence-corrected chi connectivity index (χ4v) is 0.963. The minimum Gasteiger partial charge on any atom is -0.465 e. The third kappa shape index (κ3) is 2.51. The van der Waals surface area contributed by atoms with Crippen LogP contribution in [-0.4, -0.2) is 24.2 Å². The number of hydrogen-bond donors (Lipinski definition) is 0. The van der Waals surface area contributed by atoms with E-state index in [0.717, 1.165) is 13.2 Å². The van der Waals surface area contributed by atoms with Gasteiger partial charge in [0.25, 0.3) is 0 Å². The van der Waals surface area contributed by atoms with E-state index in [2.05, 4.69) is 9.72 Å². The largest absolute Gasteiger partial charge is 0.465 e. The first kappa shape index (κ1) is 13.3. The molecule has 0 amide bonds. The zero-order valence-electron chi connectivity index (χ0n) is 8.39. The van der Waals surface area contributed by atoms with Crippen LogP contribution in [-0.2, 0) is 10.7 Å². The minimum absolute atomic E-state index is 0.214. The lowest BCUT2D eigenvalue weighted by Gasteiger charge is -2.18. The van der Waals surface area contributed by atoms with Gasteiger partial charge in [-0.2, -0.15) is 22.0 Å². The number of carbonyl (C=O) groups excluding carboxylic acids is 1. The molecular formula is C9H6F5NO2. The molecule has 0 aliphatic carbocycles. The van der Waals surface area contributed by atoms with Crippen LogP contribution in [0.5, 0.6) is 0 Å². The molecule has 1 heterocycles. The van der Waals surface area contributed by atoms with Crippen LogP contribution >= 0.6 is 0 Å². The Morgan fingerprint density at radius 2 is 1.82 bits per heavy atom. The third-order valence-electron chi connectivity index (χ3n) is 1.86. The topological polar surface area (TPSA) is 39.2 Å². The van der Waals surface area contributed by atoms with Gasteiger partial charge in [-0.15, -0.1) is 0 Å². The summed E-state index contributed by atoms with van der Waals surface area (Å²) in [6.07, 6.45) is -5.13. The fraction of sp³-hybridized carbons (Fsp3) is 0.333. The standard InChI is InChI=1S/C9H6F5NO2/c1-17-7(16)5-2-3-6(15-4-5)8(10,11)9(12,13)14/h2-4H,1H3. The van der Waals surface area contributed by atoms with Crippen molar-refractivity contribution >= 4 is 5.97 Å². The highest BCUT2D eigenvalue weighted by Gasteiger charge is 2.59. The first-order valence-corrected chi connectivity index (χ1v) is 4.19. The van der Waals surface area contributed by atoms with E-state index in [4.69, 9.17) is 0 Å². The number of ether oxygens (including phenoxy) is 1. The van der Waals surface area contributed by atoms with Gasteiger partial charge in [-0.3, -0.25) is 4.98 Å². The number of hydrogen-bond acceptors (Lipinski definition) is 3. The number of aromatic nitrogens is 1. The van der Waals surface area contributed by atoms with Crippen molar-refractivity contribution < 1.29 is 31.5 Å². The second-order valence-corrected chi connectivity index (χ2v) is 3.00. The Kier molecular flexibility index (Phi) is 3.35. The summed E-state index contributed by atoms with van der Waals surface area (Å²) in [5, 5.41) is 0. The van der Waals surface area contributed by atoms with E-state index in [1.165, 1.54) is 0 Å². The normalized spacial score (nSPS) is 12.4. The molecule has 0 saturated heterocycles. The Labute approximate surface area is 92.2 Å². The van der Waals surface area contributed by atoms with Gasteiger partial charge in [-0.05, 0) is 12.1 Å². The highest BCUT2D eigenvalue weighted by atomic mass is 19.4. The average Bonchev–Trinajstić information content (AvgIpc) is 2.26. The van der Waals surface area contributed by atoms with Crippen molar-refractivity contribution in [1.82, 2.24) is 4.98 Å². The second kappa shape index (κ2) is 4.27. The Morgan fingerprint density at radius 3 is 2.18 bits per heavy atom. The van der Waals surface area contributed by atoms with Gasteiger partial charge in [0.2, 0.25) is 0 Å². The van der Waals surface area contributed by atoms with Crippen molar-refractivity contribution in [2.24, 2.45) is 0 Å². The highest BCUT2D eigenvalue weighted by Crippen LogP contribution is 2.42. The fourth-order valence-electron chi connectivity index (χ4n) is 0.963. The molecule has 3 nitrogen and oxygen atoms in total. The minimum atomic E-state index is -5.73. The molecule has 0 N–H and O–H groups in total. The summed E-state index contributed by atoms with van der Waals surface area (Å²) in [5.41, 5.74) is -1.69. The molecule has 0 fully saturated rings. The number of rotatable bonds is 2. The van der Waals surface area contributed by atoms with Crippen molar-refractivity contribution in [2.45, 2.75) is 12.1 Å². The lowest BCUT2D eigenvalue weighted by Crippen LogP contribution is -2.34. The van der Waals surface area contributed by atoms with E-state index in [9.17, 15) is 26.7 Å². The van der Waals surface area contributed by atoms with Crippen LogP contribution in [0.3, 0.4) is 0 Å². The summed E-state index contributed by atoms with van der Waals surface area (Å²) >= 11 is 0. The van der Waals surface area contributed by atoms with Gasteiger partial charge in [-0.1, -0.05) is 0 Å². The van der Waals surface area contributed by atoms with Crippen LogP contribution < -0.4 is 0 Å². The Balaban J connectivity index is 3.07. The van der Waals surface area contributed by atoms with Crippen molar-refractivity contribution in [3.8, 4) is 0 Å². The van der Waals surface area contributed by atoms with Crippen molar-refractivity contribution in [3.05, 3.63) is 29.6 Å². The molecule has 0 bridgehead atoms. The molecule has 1 rings (SSSR count). The predicted octanol–water partition coefficient (Wildman–Crippen LogP) is 2.52. The van der Waals surface area contributed by atoms with E-state index >= 15 is 0 Å². The first-order chi connectivity index (χ1) is 7.70. The molecule has 8 heteroatoms. The number of carbonyl (C=O) groups is 1. The monoisotopic (exact) mass is 255 g/mol. The molecular weight excluding hydrogens is 249 g/mol. The maximum absolute atomic E-state index is 12.8. The summed E-state index contributed by atoms with van der Waals surface area (Å²) in [7, 11) is 1.04. The van der Waals surface area contributed by atoms with Gasteiger partial charge < -0.3 is 4.74 Å². The molecule has 94 valence electrons. The van der Waals surface area contributed by atoms with E-state index < -0.39 is 23.8 Å². The van der Waals surface area contributed by atoms with E-state index in [-0.39, 0.29) is 5.56 Å².